The Balaban J connectivity index is 1.66. The van der Waals surface area contributed by atoms with Crippen LogP contribution in [0.1, 0.15) is 42.4 Å². The number of hydrogen-bond donors (Lipinski definition) is 2. The molecule has 0 aliphatic carbocycles. The third kappa shape index (κ3) is 5.16. The second kappa shape index (κ2) is 8.65. The van der Waals surface area contributed by atoms with Crippen LogP contribution in [-0.4, -0.2) is 22.4 Å². The largest absolute Gasteiger partial charge is 0.354 e. The van der Waals surface area contributed by atoms with Crippen LogP contribution < -0.4 is 10.6 Å². The van der Waals surface area contributed by atoms with Crippen molar-refractivity contribution in [3.8, 4) is 0 Å². The summed E-state index contributed by atoms with van der Waals surface area (Å²) in [5.41, 5.74) is 3.39. The molecule has 0 fully saturated rings. The molecule has 0 unspecified atom stereocenters. The molecule has 2 aromatic carbocycles. The molecule has 1 amide bonds. The number of aromatic nitrogens is 2. The van der Waals surface area contributed by atoms with Crippen LogP contribution in [0.2, 0.25) is 0 Å². The van der Waals surface area contributed by atoms with E-state index >= 15 is 0 Å². The first-order valence-electron chi connectivity index (χ1n) is 9.45. The summed E-state index contributed by atoms with van der Waals surface area (Å²) in [6, 6.07) is 19.7. The Kier molecular flexibility index (Phi) is 6.04. The van der Waals surface area contributed by atoms with Crippen LogP contribution in [-0.2, 0) is 11.8 Å². The van der Waals surface area contributed by atoms with Crippen LogP contribution in [0.15, 0.2) is 66.9 Å². The Labute approximate surface area is 166 Å². The molecule has 144 valence electrons. The van der Waals surface area contributed by atoms with Gasteiger partial charge in [0.15, 0.2) is 0 Å². The number of anilines is 2. The van der Waals surface area contributed by atoms with Crippen LogP contribution in [0.3, 0.4) is 0 Å². The summed E-state index contributed by atoms with van der Waals surface area (Å²) in [5, 5.41) is 6.17. The van der Waals surface area contributed by atoms with Gasteiger partial charge in [-0.05, 0) is 35.1 Å². The van der Waals surface area contributed by atoms with E-state index in [-0.39, 0.29) is 11.3 Å². The number of rotatable bonds is 6. The number of amides is 1. The zero-order chi connectivity index (χ0) is 20.0. The van der Waals surface area contributed by atoms with Gasteiger partial charge in [0.05, 0.1) is 0 Å². The van der Waals surface area contributed by atoms with Gasteiger partial charge in [-0.3, -0.25) is 4.79 Å². The molecule has 0 spiro atoms. The first kappa shape index (κ1) is 19.5. The summed E-state index contributed by atoms with van der Waals surface area (Å²) in [6.45, 7) is 7.06. The van der Waals surface area contributed by atoms with E-state index in [0.717, 1.165) is 17.7 Å². The Morgan fingerprint density at radius 3 is 2.43 bits per heavy atom. The van der Waals surface area contributed by atoms with Crippen molar-refractivity contribution in [3.63, 3.8) is 0 Å². The van der Waals surface area contributed by atoms with Crippen molar-refractivity contribution < 1.29 is 4.79 Å². The van der Waals surface area contributed by atoms with Crippen LogP contribution in [0.25, 0.3) is 0 Å². The molecule has 0 bridgehead atoms. The molecule has 1 aromatic heterocycles. The highest BCUT2D eigenvalue weighted by Gasteiger charge is 2.19. The van der Waals surface area contributed by atoms with Gasteiger partial charge in [-0.15, -0.1) is 0 Å². The molecule has 3 aromatic rings. The van der Waals surface area contributed by atoms with Crippen molar-refractivity contribution in [1.82, 2.24) is 9.97 Å². The number of carbonyl (C=O) groups is 1. The van der Waals surface area contributed by atoms with Gasteiger partial charge in [0.25, 0.3) is 5.91 Å². The number of nitrogens with one attached hydrogen (secondary N) is 2. The molecule has 5 nitrogen and oxygen atoms in total. The molecule has 1 heterocycles. The van der Waals surface area contributed by atoms with E-state index in [4.69, 9.17) is 0 Å². The summed E-state index contributed by atoms with van der Waals surface area (Å²) in [4.78, 5) is 21.3. The average molecular weight is 374 g/mol. The van der Waals surface area contributed by atoms with E-state index in [1.165, 1.54) is 5.56 Å². The number of benzene rings is 2. The minimum atomic E-state index is -0.245. The maximum atomic E-state index is 12.7. The Hall–Kier alpha value is -3.21. The van der Waals surface area contributed by atoms with Crippen molar-refractivity contribution in [2.24, 2.45) is 0 Å². The van der Waals surface area contributed by atoms with Gasteiger partial charge in [-0.25, -0.2) is 9.97 Å². The first-order valence-corrected chi connectivity index (χ1v) is 9.45. The Bertz CT molecular complexity index is 933. The summed E-state index contributed by atoms with van der Waals surface area (Å²) < 4.78 is 0. The van der Waals surface area contributed by atoms with E-state index in [1.54, 1.807) is 12.3 Å². The molecule has 2 N–H and O–H groups in total. The highest BCUT2D eigenvalue weighted by molar-refractivity contribution is 6.03. The van der Waals surface area contributed by atoms with E-state index in [9.17, 15) is 4.79 Å². The van der Waals surface area contributed by atoms with Crippen molar-refractivity contribution >= 4 is 17.5 Å². The fraction of sp³-hybridized carbons (Fsp3) is 0.261. The van der Waals surface area contributed by atoms with Crippen molar-refractivity contribution in [1.29, 1.82) is 0 Å². The van der Waals surface area contributed by atoms with Crippen LogP contribution in [0.4, 0.5) is 11.6 Å². The topological polar surface area (TPSA) is 66.9 Å². The lowest BCUT2D eigenvalue weighted by atomic mass is 9.86. The molecule has 0 radical (unpaired) electrons. The van der Waals surface area contributed by atoms with Gasteiger partial charge in [-0.2, -0.15) is 0 Å². The van der Waals surface area contributed by atoms with E-state index in [0.29, 0.717) is 18.2 Å². The highest BCUT2D eigenvalue weighted by atomic mass is 16.1. The summed E-state index contributed by atoms with van der Waals surface area (Å²) in [5.74, 6) is 0.206. The molecular formula is C23H26N4O. The zero-order valence-electron chi connectivity index (χ0n) is 16.6. The number of nitrogens with zero attached hydrogens (tertiary/aromatic N) is 2. The lowest BCUT2D eigenvalue weighted by Crippen LogP contribution is -2.20. The summed E-state index contributed by atoms with van der Waals surface area (Å²) in [6.07, 6.45) is 2.46. The van der Waals surface area contributed by atoms with E-state index in [2.05, 4.69) is 53.5 Å². The Morgan fingerprint density at radius 1 is 0.964 bits per heavy atom. The number of hydrogen-bond acceptors (Lipinski definition) is 4. The van der Waals surface area contributed by atoms with Crippen LogP contribution >= 0.6 is 0 Å². The quantitative estimate of drug-likeness (QED) is 0.657. The maximum Gasteiger partial charge on any atom is 0.274 e. The van der Waals surface area contributed by atoms with Crippen molar-refractivity contribution in [2.75, 3.05) is 17.2 Å². The molecule has 0 saturated heterocycles. The molecule has 0 saturated carbocycles. The zero-order valence-corrected chi connectivity index (χ0v) is 16.6. The third-order valence-electron chi connectivity index (χ3n) is 4.41. The number of carbonyl (C=O) groups excluding carboxylic acids is 1. The van der Waals surface area contributed by atoms with Gasteiger partial charge >= 0.3 is 0 Å². The lowest BCUT2D eigenvalue weighted by molar-refractivity contribution is 0.102. The number of para-hydroxylation sites is 1. The lowest BCUT2D eigenvalue weighted by Gasteiger charge is -2.22. The molecule has 28 heavy (non-hydrogen) atoms. The molecule has 0 atom stereocenters. The van der Waals surface area contributed by atoms with E-state index < -0.39 is 0 Å². The van der Waals surface area contributed by atoms with Gasteiger partial charge in [0.1, 0.15) is 5.69 Å². The molecule has 0 aliphatic heterocycles. The fourth-order valence-corrected chi connectivity index (χ4v) is 2.97. The minimum Gasteiger partial charge on any atom is -0.354 e. The molecule has 0 aliphatic rings. The average Bonchev–Trinajstić information content (AvgIpc) is 2.69. The van der Waals surface area contributed by atoms with Crippen LogP contribution in [0, 0.1) is 0 Å². The second-order valence-electron chi connectivity index (χ2n) is 7.68. The monoisotopic (exact) mass is 374 g/mol. The first-order chi connectivity index (χ1) is 13.4. The highest BCUT2D eigenvalue weighted by Crippen LogP contribution is 2.29. The SMILES string of the molecule is CC(C)(C)c1ccccc1NC(=O)c1ccnc(NCCc2ccccc2)n1. The molecular weight excluding hydrogens is 348 g/mol. The Morgan fingerprint density at radius 2 is 1.68 bits per heavy atom. The standard InChI is InChI=1S/C23H26N4O/c1-23(2,3)18-11-7-8-12-19(18)26-21(28)20-14-16-25-22(27-20)24-15-13-17-9-5-4-6-10-17/h4-12,14,16H,13,15H2,1-3H3,(H,26,28)(H,24,25,27). The molecule has 3 rings (SSSR count). The molecule has 5 heteroatoms. The second-order valence-corrected chi connectivity index (χ2v) is 7.68. The van der Waals surface area contributed by atoms with Gasteiger partial charge in [-0.1, -0.05) is 69.3 Å². The van der Waals surface area contributed by atoms with Gasteiger partial charge in [0, 0.05) is 18.4 Å². The van der Waals surface area contributed by atoms with Crippen LogP contribution in [0.5, 0.6) is 0 Å². The normalized spacial score (nSPS) is 11.1. The minimum absolute atomic E-state index is 0.0697. The van der Waals surface area contributed by atoms with Gasteiger partial charge < -0.3 is 10.6 Å². The predicted molar refractivity (Wildman–Crippen MR) is 114 cm³/mol. The smallest absolute Gasteiger partial charge is 0.274 e. The maximum absolute atomic E-state index is 12.7. The fourth-order valence-electron chi connectivity index (χ4n) is 2.97. The summed E-state index contributed by atoms with van der Waals surface area (Å²) >= 11 is 0. The van der Waals surface area contributed by atoms with Crippen molar-refractivity contribution in [2.45, 2.75) is 32.6 Å². The van der Waals surface area contributed by atoms with E-state index in [1.807, 2.05) is 42.5 Å². The summed E-state index contributed by atoms with van der Waals surface area (Å²) in [7, 11) is 0. The predicted octanol–water partition coefficient (Wildman–Crippen LogP) is 4.68. The third-order valence-corrected chi connectivity index (χ3v) is 4.41. The van der Waals surface area contributed by atoms with Gasteiger partial charge in [0.2, 0.25) is 5.95 Å². The van der Waals surface area contributed by atoms with Crippen molar-refractivity contribution in [3.05, 3.63) is 83.7 Å².